The molecule has 2 aromatic rings. The van der Waals surface area contributed by atoms with Gasteiger partial charge in [0, 0.05) is 24.4 Å². The number of nitrogens with one attached hydrogen (secondary N) is 1. The number of nitrogens with zero attached hydrogens (tertiary/aromatic N) is 2. The maximum Gasteiger partial charge on any atom is 0.339 e. The molecule has 0 saturated heterocycles. The van der Waals surface area contributed by atoms with Crippen molar-refractivity contribution < 1.29 is 28.6 Å². The van der Waals surface area contributed by atoms with Crippen LogP contribution in [0.3, 0.4) is 0 Å². The summed E-state index contributed by atoms with van der Waals surface area (Å²) in [5.41, 5.74) is 2.74. The highest BCUT2D eigenvalue weighted by molar-refractivity contribution is 8.00. The van der Waals surface area contributed by atoms with E-state index in [0.717, 1.165) is 11.1 Å². The fourth-order valence-electron chi connectivity index (χ4n) is 3.47. The molecule has 34 heavy (non-hydrogen) atoms. The maximum atomic E-state index is 12.9. The first-order chi connectivity index (χ1) is 16.3. The molecule has 1 aliphatic rings. The molecule has 0 saturated carbocycles. The van der Waals surface area contributed by atoms with Crippen molar-refractivity contribution in [2.45, 2.75) is 25.8 Å². The zero-order chi connectivity index (χ0) is 24.8. The van der Waals surface area contributed by atoms with Gasteiger partial charge in [0.1, 0.15) is 22.7 Å². The van der Waals surface area contributed by atoms with Crippen molar-refractivity contribution in [3.63, 3.8) is 0 Å². The number of hydrogen-bond donors (Lipinski definition) is 1. The van der Waals surface area contributed by atoms with Crippen LogP contribution in [0.5, 0.6) is 11.5 Å². The summed E-state index contributed by atoms with van der Waals surface area (Å²) in [6, 6.07) is 8.55. The van der Waals surface area contributed by atoms with E-state index in [9.17, 15) is 14.4 Å². The minimum Gasteiger partial charge on any atom is -0.497 e. The number of methoxy groups -OCH3 is 3. The van der Waals surface area contributed by atoms with Crippen molar-refractivity contribution in [3.05, 3.63) is 58.8 Å². The monoisotopic (exact) mass is 485 g/mol. The molecule has 2 amide bonds. The Kier molecular flexibility index (Phi) is 8.17. The second kappa shape index (κ2) is 11.1. The van der Waals surface area contributed by atoms with Crippen LogP contribution in [0, 0.1) is 0 Å². The summed E-state index contributed by atoms with van der Waals surface area (Å²) in [7, 11) is 4.43. The maximum absolute atomic E-state index is 12.9. The van der Waals surface area contributed by atoms with Gasteiger partial charge in [0.25, 0.3) is 5.91 Å². The Morgan fingerprint density at radius 2 is 1.76 bits per heavy atom. The second-order valence-electron chi connectivity index (χ2n) is 7.60. The summed E-state index contributed by atoms with van der Waals surface area (Å²) in [6.45, 7) is 4.04. The SMILES string of the molecule is COC(=O)c1ccc(NC(=O)CSC2C(C)=C(C)C(=O)N2Cc2cc(OC)cc(OC)c2)nc1. The molecular formula is C24H27N3O6S. The highest BCUT2D eigenvalue weighted by atomic mass is 32.2. The smallest absolute Gasteiger partial charge is 0.339 e. The van der Waals surface area contributed by atoms with Gasteiger partial charge >= 0.3 is 5.97 Å². The standard InChI is InChI=1S/C24H27N3O6S/c1-14-15(2)23(27(22(14)29)12-16-8-18(31-3)10-19(9-16)32-4)34-13-21(28)26-20-7-6-17(11-25-20)24(30)33-5/h6-11,23H,12-13H2,1-5H3,(H,25,26,28). The topological polar surface area (TPSA) is 107 Å². The van der Waals surface area contributed by atoms with E-state index < -0.39 is 5.97 Å². The van der Waals surface area contributed by atoms with E-state index >= 15 is 0 Å². The van der Waals surface area contributed by atoms with Gasteiger partial charge in [0.05, 0.1) is 32.6 Å². The van der Waals surface area contributed by atoms with E-state index in [1.807, 2.05) is 19.1 Å². The third kappa shape index (κ3) is 5.69. The molecule has 0 radical (unpaired) electrons. The number of amides is 2. The molecule has 0 bridgehead atoms. The third-order valence-electron chi connectivity index (χ3n) is 5.42. The Morgan fingerprint density at radius 1 is 1.09 bits per heavy atom. The molecule has 2 heterocycles. The van der Waals surface area contributed by atoms with E-state index in [1.165, 1.54) is 37.2 Å². The van der Waals surface area contributed by atoms with Crippen LogP contribution in [0.15, 0.2) is 47.7 Å². The minimum atomic E-state index is -0.502. The Labute approximate surface area is 202 Å². The quantitative estimate of drug-likeness (QED) is 0.540. The number of carbonyl (C=O) groups is 3. The molecule has 1 aromatic heterocycles. The van der Waals surface area contributed by atoms with E-state index in [-0.39, 0.29) is 22.9 Å². The van der Waals surface area contributed by atoms with Crippen LogP contribution in [0.2, 0.25) is 0 Å². The lowest BCUT2D eigenvalue weighted by Gasteiger charge is -2.26. The number of ether oxygens (including phenoxy) is 3. The molecule has 0 aliphatic carbocycles. The van der Waals surface area contributed by atoms with E-state index in [2.05, 4.69) is 15.0 Å². The van der Waals surface area contributed by atoms with Gasteiger partial charge < -0.3 is 24.4 Å². The average molecular weight is 486 g/mol. The summed E-state index contributed by atoms with van der Waals surface area (Å²) in [5, 5.41) is 2.42. The Morgan fingerprint density at radius 3 is 2.32 bits per heavy atom. The van der Waals surface area contributed by atoms with E-state index in [4.69, 9.17) is 9.47 Å². The Hall–Kier alpha value is -3.53. The fourth-order valence-corrected chi connectivity index (χ4v) is 4.63. The van der Waals surface area contributed by atoms with Crippen LogP contribution >= 0.6 is 11.8 Å². The van der Waals surface area contributed by atoms with Crippen LogP contribution in [-0.4, -0.2) is 60.1 Å². The first-order valence-electron chi connectivity index (χ1n) is 10.4. The van der Waals surface area contributed by atoms with Gasteiger partial charge in [-0.1, -0.05) is 0 Å². The van der Waals surface area contributed by atoms with Gasteiger partial charge in [-0.25, -0.2) is 9.78 Å². The molecule has 3 rings (SSSR count). The molecule has 10 heteroatoms. The predicted octanol–water partition coefficient (Wildman–Crippen LogP) is 3.26. The summed E-state index contributed by atoms with van der Waals surface area (Å²) in [4.78, 5) is 42.8. The zero-order valence-electron chi connectivity index (χ0n) is 19.7. The number of esters is 1. The molecule has 9 nitrogen and oxygen atoms in total. The van der Waals surface area contributed by atoms with E-state index in [0.29, 0.717) is 35.0 Å². The van der Waals surface area contributed by atoms with E-state index in [1.54, 1.807) is 32.1 Å². The predicted molar refractivity (Wildman–Crippen MR) is 129 cm³/mol. The average Bonchev–Trinajstić information content (AvgIpc) is 3.05. The molecular weight excluding hydrogens is 458 g/mol. The lowest BCUT2D eigenvalue weighted by molar-refractivity contribution is -0.126. The van der Waals surface area contributed by atoms with Gasteiger partial charge in [-0.3, -0.25) is 9.59 Å². The van der Waals surface area contributed by atoms with Crippen LogP contribution in [0.1, 0.15) is 29.8 Å². The Bertz CT molecular complexity index is 1090. The van der Waals surface area contributed by atoms with Crippen molar-refractivity contribution >= 4 is 35.4 Å². The molecule has 1 atom stereocenters. The molecule has 1 unspecified atom stereocenters. The number of carbonyl (C=O) groups excluding carboxylic acids is 3. The van der Waals surface area contributed by atoms with Gasteiger partial charge in [0.2, 0.25) is 5.91 Å². The minimum absolute atomic E-state index is 0.0720. The summed E-state index contributed by atoms with van der Waals surface area (Å²) >= 11 is 1.36. The fraction of sp³-hybridized carbons (Fsp3) is 0.333. The first kappa shape index (κ1) is 25.1. The van der Waals surface area contributed by atoms with Crippen LogP contribution < -0.4 is 14.8 Å². The molecule has 1 aromatic carbocycles. The lowest BCUT2D eigenvalue weighted by atomic mass is 10.2. The van der Waals surface area contributed by atoms with Crippen molar-refractivity contribution in [1.82, 2.24) is 9.88 Å². The molecule has 0 spiro atoms. The molecule has 1 aliphatic heterocycles. The Balaban J connectivity index is 1.67. The highest BCUT2D eigenvalue weighted by Gasteiger charge is 2.35. The number of hydrogen-bond acceptors (Lipinski definition) is 8. The lowest BCUT2D eigenvalue weighted by Crippen LogP contribution is -2.34. The van der Waals surface area contributed by atoms with Crippen molar-refractivity contribution in [2.75, 3.05) is 32.4 Å². The summed E-state index contributed by atoms with van der Waals surface area (Å²) in [6.07, 6.45) is 1.34. The summed E-state index contributed by atoms with van der Waals surface area (Å²) in [5.74, 6) is 0.866. The normalized spacial score (nSPS) is 15.4. The highest BCUT2D eigenvalue weighted by Crippen LogP contribution is 2.35. The molecule has 1 N–H and O–H groups in total. The third-order valence-corrected chi connectivity index (χ3v) is 6.77. The van der Waals surface area contributed by atoms with Crippen LogP contribution in [-0.2, 0) is 20.9 Å². The largest absolute Gasteiger partial charge is 0.497 e. The van der Waals surface area contributed by atoms with Crippen molar-refractivity contribution in [1.29, 1.82) is 0 Å². The van der Waals surface area contributed by atoms with Gasteiger partial charge in [0.15, 0.2) is 0 Å². The van der Waals surface area contributed by atoms with Gasteiger partial charge in [-0.15, -0.1) is 11.8 Å². The zero-order valence-corrected chi connectivity index (χ0v) is 20.5. The number of rotatable bonds is 9. The van der Waals surface area contributed by atoms with Crippen molar-refractivity contribution in [3.8, 4) is 11.5 Å². The number of aromatic nitrogens is 1. The number of pyridine rings is 1. The molecule has 180 valence electrons. The second-order valence-corrected chi connectivity index (χ2v) is 8.67. The number of thioether (sulfide) groups is 1. The van der Waals surface area contributed by atoms with Crippen LogP contribution in [0.4, 0.5) is 5.82 Å². The summed E-state index contributed by atoms with van der Waals surface area (Å²) < 4.78 is 15.3. The first-order valence-corrected chi connectivity index (χ1v) is 11.5. The number of benzene rings is 1. The van der Waals surface area contributed by atoms with Gasteiger partial charge in [-0.05, 0) is 49.2 Å². The van der Waals surface area contributed by atoms with Crippen LogP contribution in [0.25, 0.3) is 0 Å². The number of anilines is 1. The van der Waals surface area contributed by atoms with Crippen molar-refractivity contribution in [2.24, 2.45) is 0 Å². The molecule has 0 fully saturated rings. The van der Waals surface area contributed by atoms with Gasteiger partial charge in [-0.2, -0.15) is 0 Å².